The molecular formula is C16H24BrIN4O2. The molecule has 1 rings (SSSR count). The summed E-state index contributed by atoms with van der Waals surface area (Å²) < 4.78 is 6.29. The standard InChI is InChI=1S/C16H23BrN4O2.HI/c1-5-8-18-16(20-11-15(22)21(2)3)19-10-12-9-13(17)6-7-14(12)23-4;/h5-7,9H,1,8,10-11H2,2-4H3,(H2,18,19,20);1H. The minimum atomic E-state index is -0.0295. The van der Waals surface area contributed by atoms with Gasteiger partial charge in [0.25, 0.3) is 0 Å². The second-order valence-corrected chi connectivity index (χ2v) is 5.85. The second kappa shape index (κ2) is 12.1. The number of methoxy groups -OCH3 is 1. The maximum absolute atomic E-state index is 11.7. The lowest BCUT2D eigenvalue weighted by Gasteiger charge is -2.14. The van der Waals surface area contributed by atoms with Crippen LogP contribution in [0.15, 0.2) is 40.3 Å². The Bertz CT molecular complexity index is 579. The van der Waals surface area contributed by atoms with Crippen molar-refractivity contribution in [1.29, 1.82) is 0 Å². The Hall–Kier alpha value is -1.29. The highest BCUT2D eigenvalue weighted by molar-refractivity contribution is 14.0. The van der Waals surface area contributed by atoms with Gasteiger partial charge in [-0.1, -0.05) is 22.0 Å². The number of amides is 1. The third-order valence-electron chi connectivity index (χ3n) is 2.97. The number of ether oxygens (including phenoxy) is 1. The van der Waals surface area contributed by atoms with Crippen LogP contribution in [-0.2, 0) is 11.3 Å². The molecule has 0 heterocycles. The van der Waals surface area contributed by atoms with Gasteiger partial charge < -0.3 is 20.3 Å². The van der Waals surface area contributed by atoms with E-state index in [4.69, 9.17) is 4.74 Å². The summed E-state index contributed by atoms with van der Waals surface area (Å²) >= 11 is 3.44. The first-order chi connectivity index (χ1) is 11.0. The van der Waals surface area contributed by atoms with Crippen LogP contribution in [0.4, 0.5) is 0 Å². The van der Waals surface area contributed by atoms with E-state index in [-0.39, 0.29) is 36.4 Å². The molecule has 0 aromatic heterocycles. The second-order valence-electron chi connectivity index (χ2n) is 4.93. The van der Waals surface area contributed by atoms with Gasteiger partial charge in [-0.3, -0.25) is 4.79 Å². The van der Waals surface area contributed by atoms with E-state index in [2.05, 4.69) is 38.1 Å². The van der Waals surface area contributed by atoms with Crippen molar-refractivity contribution in [2.24, 2.45) is 4.99 Å². The number of carbonyl (C=O) groups excluding carboxylic acids is 1. The summed E-state index contributed by atoms with van der Waals surface area (Å²) in [7, 11) is 5.05. The maximum Gasteiger partial charge on any atom is 0.241 e. The van der Waals surface area contributed by atoms with Crippen LogP contribution in [0.25, 0.3) is 0 Å². The van der Waals surface area contributed by atoms with E-state index < -0.39 is 0 Å². The molecule has 1 aromatic carbocycles. The average Bonchev–Trinajstić information content (AvgIpc) is 2.53. The molecule has 0 radical (unpaired) electrons. The Morgan fingerprint density at radius 3 is 2.71 bits per heavy atom. The highest BCUT2D eigenvalue weighted by Crippen LogP contribution is 2.23. The number of aliphatic imine (C=N–C) groups is 1. The summed E-state index contributed by atoms with van der Waals surface area (Å²) in [5.74, 6) is 1.28. The Kier molecular flexibility index (Phi) is 11.5. The van der Waals surface area contributed by atoms with Crippen molar-refractivity contribution in [2.45, 2.75) is 6.54 Å². The van der Waals surface area contributed by atoms with Crippen molar-refractivity contribution in [2.75, 3.05) is 34.3 Å². The molecule has 0 bridgehead atoms. The number of carbonyl (C=O) groups is 1. The number of hydrogen-bond acceptors (Lipinski definition) is 3. The number of nitrogens with one attached hydrogen (secondary N) is 2. The first-order valence-corrected chi connectivity index (χ1v) is 7.93. The molecule has 24 heavy (non-hydrogen) atoms. The molecule has 134 valence electrons. The zero-order chi connectivity index (χ0) is 17.2. The number of likely N-dealkylation sites (N-methyl/N-ethyl adjacent to an activating group) is 1. The number of hydrogen-bond donors (Lipinski definition) is 2. The zero-order valence-corrected chi connectivity index (χ0v) is 18.1. The van der Waals surface area contributed by atoms with Crippen molar-refractivity contribution >= 4 is 51.8 Å². The molecule has 0 saturated heterocycles. The van der Waals surface area contributed by atoms with Gasteiger partial charge in [0.1, 0.15) is 5.75 Å². The SMILES string of the molecule is C=CCNC(=NCc1cc(Br)ccc1OC)NCC(=O)N(C)C.I. The smallest absolute Gasteiger partial charge is 0.241 e. The van der Waals surface area contributed by atoms with Crippen molar-refractivity contribution in [1.82, 2.24) is 15.5 Å². The molecule has 0 saturated carbocycles. The van der Waals surface area contributed by atoms with Gasteiger partial charge in [-0.15, -0.1) is 30.6 Å². The van der Waals surface area contributed by atoms with Gasteiger partial charge in [0, 0.05) is 30.7 Å². The van der Waals surface area contributed by atoms with Gasteiger partial charge in [-0.05, 0) is 18.2 Å². The summed E-state index contributed by atoms with van der Waals surface area (Å²) in [6.45, 7) is 4.81. The molecule has 8 heteroatoms. The van der Waals surface area contributed by atoms with Crippen LogP contribution in [0.5, 0.6) is 5.75 Å². The van der Waals surface area contributed by atoms with E-state index in [1.165, 1.54) is 4.90 Å². The van der Waals surface area contributed by atoms with Crippen molar-refractivity contribution < 1.29 is 9.53 Å². The first-order valence-electron chi connectivity index (χ1n) is 7.13. The normalized spacial score (nSPS) is 10.4. The molecule has 0 aliphatic heterocycles. The minimum Gasteiger partial charge on any atom is -0.496 e. The fraction of sp³-hybridized carbons (Fsp3) is 0.375. The highest BCUT2D eigenvalue weighted by Gasteiger charge is 2.07. The summed E-state index contributed by atoms with van der Waals surface area (Å²) in [5, 5.41) is 6.09. The van der Waals surface area contributed by atoms with Gasteiger partial charge in [0.05, 0.1) is 20.2 Å². The topological polar surface area (TPSA) is 66.0 Å². The van der Waals surface area contributed by atoms with Gasteiger partial charge in [-0.25, -0.2) is 4.99 Å². The van der Waals surface area contributed by atoms with Gasteiger partial charge in [0.15, 0.2) is 5.96 Å². The zero-order valence-electron chi connectivity index (χ0n) is 14.1. The molecule has 6 nitrogen and oxygen atoms in total. The van der Waals surface area contributed by atoms with E-state index >= 15 is 0 Å². The summed E-state index contributed by atoms with van der Waals surface area (Å²) in [6.07, 6.45) is 1.73. The average molecular weight is 511 g/mol. The number of nitrogens with zero attached hydrogens (tertiary/aromatic N) is 2. The molecule has 0 atom stereocenters. The maximum atomic E-state index is 11.7. The lowest BCUT2D eigenvalue weighted by molar-refractivity contribution is -0.127. The lowest BCUT2D eigenvalue weighted by Crippen LogP contribution is -2.43. The van der Waals surface area contributed by atoms with Gasteiger partial charge >= 0.3 is 0 Å². The molecule has 0 fully saturated rings. The van der Waals surface area contributed by atoms with Crippen molar-refractivity contribution in [3.05, 3.63) is 40.9 Å². The molecular weight excluding hydrogens is 487 g/mol. The van der Waals surface area contributed by atoms with Crippen LogP contribution in [0.3, 0.4) is 0 Å². The van der Waals surface area contributed by atoms with Gasteiger partial charge in [-0.2, -0.15) is 0 Å². The molecule has 0 unspecified atom stereocenters. The van der Waals surface area contributed by atoms with Crippen LogP contribution >= 0.6 is 39.9 Å². The lowest BCUT2D eigenvalue weighted by atomic mass is 10.2. The number of guanidine groups is 1. The molecule has 0 aliphatic rings. The largest absolute Gasteiger partial charge is 0.496 e. The first kappa shape index (κ1) is 22.7. The fourth-order valence-electron chi connectivity index (χ4n) is 1.70. The minimum absolute atomic E-state index is 0. The third-order valence-corrected chi connectivity index (χ3v) is 3.46. The molecule has 0 spiro atoms. The Morgan fingerprint density at radius 1 is 1.42 bits per heavy atom. The Balaban J connectivity index is 0.00000529. The summed E-state index contributed by atoms with van der Waals surface area (Å²) in [6, 6.07) is 5.75. The van der Waals surface area contributed by atoms with E-state index in [9.17, 15) is 4.79 Å². The van der Waals surface area contributed by atoms with Crippen LogP contribution in [0, 0.1) is 0 Å². The quantitative estimate of drug-likeness (QED) is 0.256. The van der Waals surface area contributed by atoms with Crippen LogP contribution < -0.4 is 15.4 Å². The van der Waals surface area contributed by atoms with Crippen LogP contribution in [0.2, 0.25) is 0 Å². The van der Waals surface area contributed by atoms with E-state index in [1.54, 1.807) is 27.3 Å². The Labute approximate surface area is 168 Å². The number of halogens is 2. The van der Waals surface area contributed by atoms with Gasteiger partial charge in [0.2, 0.25) is 5.91 Å². The predicted molar refractivity (Wildman–Crippen MR) is 112 cm³/mol. The van der Waals surface area contributed by atoms with Crippen molar-refractivity contribution in [3.8, 4) is 5.75 Å². The number of benzene rings is 1. The van der Waals surface area contributed by atoms with Crippen molar-refractivity contribution in [3.63, 3.8) is 0 Å². The molecule has 0 aliphatic carbocycles. The highest BCUT2D eigenvalue weighted by atomic mass is 127. The monoisotopic (exact) mass is 510 g/mol. The van der Waals surface area contributed by atoms with Crippen LogP contribution in [-0.4, -0.2) is 51.1 Å². The van der Waals surface area contributed by atoms with E-state index in [0.29, 0.717) is 19.0 Å². The van der Waals surface area contributed by atoms with E-state index in [1.807, 2.05) is 18.2 Å². The van der Waals surface area contributed by atoms with Crippen LogP contribution in [0.1, 0.15) is 5.56 Å². The third kappa shape index (κ3) is 8.00. The predicted octanol–water partition coefficient (Wildman–Crippen LogP) is 2.39. The Morgan fingerprint density at radius 2 is 2.12 bits per heavy atom. The fourth-order valence-corrected chi connectivity index (χ4v) is 2.10. The van der Waals surface area contributed by atoms with E-state index in [0.717, 1.165) is 15.8 Å². The summed E-state index contributed by atoms with van der Waals surface area (Å²) in [5.41, 5.74) is 0.945. The molecule has 2 N–H and O–H groups in total. The number of rotatable bonds is 7. The molecule has 1 amide bonds. The summed E-state index contributed by atoms with van der Waals surface area (Å²) in [4.78, 5) is 17.7. The molecule has 1 aromatic rings.